The first-order chi connectivity index (χ1) is 11.0. The number of nitrogens with one attached hydrogen (secondary N) is 1. The quantitative estimate of drug-likeness (QED) is 0.938. The van der Waals surface area contributed by atoms with Gasteiger partial charge in [-0.15, -0.1) is 0 Å². The fourth-order valence-corrected chi connectivity index (χ4v) is 2.97. The summed E-state index contributed by atoms with van der Waals surface area (Å²) >= 11 is 0. The van der Waals surface area contributed by atoms with Crippen LogP contribution in [0.2, 0.25) is 0 Å². The zero-order chi connectivity index (χ0) is 16.4. The molecule has 2 radical (unpaired) electrons. The number of likely N-dealkylation sites (N-methyl/N-ethyl adjacent to an activating group) is 1. The molecule has 1 heterocycles. The highest BCUT2D eigenvalue weighted by Crippen LogP contribution is 2.29. The first-order valence-corrected chi connectivity index (χ1v) is 7.85. The number of anilines is 1. The molecule has 3 rings (SSSR count). The van der Waals surface area contributed by atoms with Crippen LogP contribution in [0.4, 0.5) is 5.69 Å². The minimum Gasteiger partial charge on any atom is -0.492 e. The summed E-state index contributed by atoms with van der Waals surface area (Å²) < 4.78 is 5.85. The number of para-hydroxylation sites is 1. The van der Waals surface area contributed by atoms with Gasteiger partial charge in [0.1, 0.15) is 18.9 Å². The summed E-state index contributed by atoms with van der Waals surface area (Å²) in [6, 6.07) is 14.3. The van der Waals surface area contributed by atoms with Crippen LogP contribution in [0.25, 0.3) is 0 Å². The van der Waals surface area contributed by atoms with Crippen molar-refractivity contribution in [1.82, 2.24) is 10.5 Å². The summed E-state index contributed by atoms with van der Waals surface area (Å²) in [6.07, 6.45) is 0. The number of aryl methyl sites for hydroxylation is 3. The third kappa shape index (κ3) is 3.49. The standard InChI is InChI=1S/C19H23N3O/c1-14-10-15(2)19(16(3)11-14)22-12-17(21(4)20-22)13-23-18-8-6-5-7-9-18/h5-11,17,20H,13H2,1-4H3. The molecule has 1 aliphatic heterocycles. The molecule has 1 fully saturated rings. The Hall–Kier alpha value is -2.04. The molecule has 1 saturated heterocycles. The highest BCUT2D eigenvalue weighted by Gasteiger charge is 2.31. The highest BCUT2D eigenvalue weighted by atomic mass is 16.5. The summed E-state index contributed by atoms with van der Waals surface area (Å²) in [5.41, 5.74) is 8.24. The number of rotatable bonds is 4. The van der Waals surface area contributed by atoms with Crippen molar-refractivity contribution in [1.29, 1.82) is 0 Å². The van der Waals surface area contributed by atoms with Gasteiger partial charge < -0.3 is 4.74 Å². The molecule has 1 atom stereocenters. The molecule has 2 aromatic carbocycles. The lowest BCUT2D eigenvalue weighted by molar-refractivity contribution is 0.173. The molecule has 1 N–H and O–H groups in total. The van der Waals surface area contributed by atoms with E-state index in [1.807, 2.05) is 47.4 Å². The maximum absolute atomic E-state index is 5.85. The smallest absolute Gasteiger partial charge is 0.136 e. The molecule has 0 amide bonds. The fourth-order valence-electron chi connectivity index (χ4n) is 2.97. The van der Waals surface area contributed by atoms with Crippen molar-refractivity contribution in [3.63, 3.8) is 0 Å². The monoisotopic (exact) mass is 309 g/mol. The van der Waals surface area contributed by atoms with E-state index in [4.69, 9.17) is 4.74 Å². The summed E-state index contributed by atoms with van der Waals surface area (Å²) in [7, 11) is 2.00. The van der Waals surface area contributed by atoms with Gasteiger partial charge >= 0.3 is 0 Å². The van der Waals surface area contributed by atoms with Crippen molar-refractivity contribution in [3.05, 3.63) is 65.7 Å². The van der Waals surface area contributed by atoms with Crippen LogP contribution >= 0.6 is 0 Å². The summed E-state index contributed by atoms with van der Waals surface area (Å²) in [5.74, 6) is 0.879. The van der Waals surface area contributed by atoms with E-state index in [9.17, 15) is 0 Å². The van der Waals surface area contributed by atoms with Gasteiger partial charge in [0.05, 0.1) is 11.7 Å². The van der Waals surface area contributed by atoms with Crippen LogP contribution in [0.15, 0.2) is 42.5 Å². The molecule has 23 heavy (non-hydrogen) atoms. The molecule has 0 spiro atoms. The zero-order valence-electron chi connectivity index (χ0n) is 14.1. The van der Waals surface area contributed by atoms with Gasteiger partial charge in [-0.25, -0.2) is 5.01 Å². The predicted octanol–water partition coefficient (Wildman–Crippen LogP) is 3.27. The van der Waals surface area contributed by atoms with E-state index in [0.717, 1.165) is 11.4 Å². The van der Waals surface area contributed by atoms with Crippen LogP contribution in [0.5, 0.6) is 5.75 Å². The average molecular weight is 309 g/mol. The van der Waals surface area contributed by atoms with E-state index in [1.165, 1.54) is 16.7 Å². The van der Waals surface area contributed by atoms with E-state index >= 15 is 0 Å². The van der Waals surface area contributed by atoms with Gasteiger partial charge in [0.15, 0.2) is 0 Å². The van der Waals surface area contributed by atoms with E-state index in [0.29, 0.717) is 6.61 Å². The Morgan fingerprint density at radius 3 is 2.39 bits per heavy atom. The molecule has 1 unspecified atom stereocenters. The Morgan fingerprint density at radius 2 is 1.74 bits per heavy atom. The number of hydrogen-bond donors (Lipinski definition) is 1. The van der Waals surface area contributed by atoms with Crippen LogP contribution in [-0.4, -0.2) is 24.7 Å². The lowest BCUT2D eigenvalue weighted by Crippen LogP contribution is -2.40. The molecule has 4 heteroatoms. The second-order valence-corrected chi connectivity index (χ2v) is 6.06. The fraction of sp³-hybridized carbons (Fsp3) is 0.316. The third-order valence-electron chi connectivity index (χ3n) is 4.01. The summed E-state index contributed by atoms with van der Waals surface area (Å²) in [5, 5.41) is 3.99. The van der Waals surface area contributed by atoms with Crippen LogP contribution < -0.4 is 15.3 Å². The Labute approximate surface area is 138 Å². The minimum atomic E-state index is 0.0512. The van der Waals surface area contributed by atoms with Crippen molar-refractivity contribution < 1.29 is 4.74 Å². The van der Waals surface area contributed by atoms with Gasteiger partial charge in [-0.1, -0.05) is 35.9 Å². The summed E-state index contributed by atoms with van der Waals surface area (Å²) in [4.78, 5) is 0. The van der Waals surface area contributed by atoms with Gasteiger partial charge in [-0.2, -0.15) is 5.53 Å². The SMILES string of the molecule is Cc1cc(C)c(N2[C]C(COc3ccccc3)N(C)N2)c(C)c1. The number of benzene rings is 2. The second-order valence-electron chi connectivity index (χ2n) is 6.06. The van der Waals surface area contributed by atoms with Crippen LogP contribution in [0.3, 0.4) is 0 Å². The molecular formula is C19H23N3O. The number of hydrogen-bond acceptors (Lipinski definition) is 4. The molecular weight excluding hydrogens is 286 g/mol. The molecule has 1 aliphatic rings. The predicted molar refractivity (Wildman–Crippen MR) is 93.0 cm³/mol. The van der Waals surface area contributed by atoms with E-state index in [1.54, 1.807) is 0 Å². The van der Waals surface area contributed by atoms with Crippen molar-refractivity contribution in [2.75, 3.05) is 18.7 Å². The first kappa shape index (κ1) is 15.8. The lowest BCUT2D eigenvalue weighted by atomic mass is 10.0. The third-order valence-corrected chi connectivity index (χ3v) is 4.01. The van der Waals surface area contributed by atoms with Gasteiger partial charge in [0, 0.05) is 7.05 Å². The Morgan fingerprint density at radius 1 is 1.09 bits per heavy atom. The van der Waals surface area contributed by atoms with Crippen LogP contribution in [0.1, 0.15) is 16.7 Å². The zero-order valence-corrected chi connectivity index (χ0v) is 14.1. The molecule has 0 bridgehead atoms. The van der Waals surface area contributed by atoms with Crippen molar-refractivity contribution in [2.45, 2.75) is 26.8 Å². The lowest BCUT2D eigenvalue weighted by Gasteiger charge is -2.22. The van der Waals surface area contributed by atoms with Crippen molar-refractivity contribution in [3.8, 4) is 5.75 Å². The van der Waals surface area contributed by atoms with E-state index in [-0.39, 0.29) is 6.04 Å². The first-order valence-electron chi connectivity index (χ1n) is 7.85. The number of nitrogens with zero attached hydrogens (tertiary/aromatic N) is 2. The number of hydrazine groups is 2. The maximum atomic E-state index is 5.85. The number of ether oxygens (including phenoxy) is 1. The van der Waals surface area contributed by atoms with E-state index in [2.05, 4.69) is 45.0 Å². The molecule has 0 saturated carbocycles. The Bertz CT molecular complexity index is 649. The average Bonchev–Trinajstić information content (AvgIpc) is 2.86. The normalized spacial score (nSPS) is 18.4. The van der Waals surface area contributed by atoms with Crippen LogP contribution in [0, 0.1) is 27.3 Å². The molecule has 0 aromatic heterocycles. The van der Waals surface area contributed by atoms with Gasteiger partial charge in [0.25, 0.3) is 0 Å². The van der Waals surface area contributed by atoms with Gasteiger partial charge in [-0.05, 0) is 44.0 Å². The Balaban J connectivity index is 1.69. The maximum Gasteiger partial charge on any atom is 0.136 e. The summed E-state index contributed by atoms with van der Waals surface area (Å²) in [6.45, 7) is 10.4. The molecule has 2 aromatic rings. The van der Waals surface area contributed by atoms with Crippen molar-refractivity contribution >= 4 is 5.69 Å². The van der Waals surface area contributed by atoms with Crippen LogP contribution in [-0.2, 0) is 0 Å². The van der Waals surface area contributed by atoms with Crippen molar-refractivity contribution in [2.24, 2.45) is 0 Å². The van der Waals surface area contributed by atoms with Gasteiger partial charge in [0.2, 0.25) is 0 Å². The molecule has 4 nitrogen and oxygen atoms in total. The molecule has 0 aliphatic carbocycles. The minimum absolute atomic E-state index is 0.0512. The second kappa shape index (κ2) is 6.60. The Kier molecular flexibility index (Phi) is 4.55. The largest absolute Gasteiger partial charge is 0.492 e. The molecule has 120 valence electrons. The van der Waals surface area contributed by atoms with Gasteiger partial charge in [-0.3, -0.25) is 5.01 Å². The highest BCUT2D eigenvalue weighted by molar-refractivity contribution is 5.61. The van der Waals surface area contributed by atoms with E-state index < -0.39 is 0 Å². The topological polar surface area (TPSA) is 27.7 Å².